The Morgan fingerprint density at radius 1 is 1.00 bits per heavy atom. The number of nitrogens with zero attached hydrogens (tertiary/aromatic N) is 3. The van der Waals surface area contributed by atoms with E-state index in [4.69, 9.17) is 21.3 Å². The van der Waals surface area contributed by atoms with Crippen LogP contribution in [0.5, 0.6) is 5.75 Å². The number of carbonyl (C=O) groups is 2. The van der Waals surface area contributed by atoms with Crippen LogP contribution in [0, 0.1) is 5.92 Å². The SMILES string of the molecule is COc1ccc(-c2cn(-c3ccccc3)c(NC(=O)CN(CC(C)C)C(=O)c3ccc(Cl)cc3)n2)cc1. The maximum absolute atomic E-state index is 13.2. The number of benzene rings is 3. The molecule has 0 unspecified atom stereocenters. The van der Waals surface area contributed by atoms with E-state index in [2.05, 4.69) is 5.32 Å². The number of rotatable bonds is 9. The maximum Gasteiger partial charge on any atom is 0.254 e. The second kappa shape index (κ2) is 11.8. The van der Waals surface area contributed by atoms with Gasteiger partial charge in [0.05, 0.1) is 12.8 Å². The number of hydrogen-bond donors (Lipinski definition) is 1. The zero-order chi connectivity index (χ0) is 26.4. The molecule has 0 saturated heterocycles. The monoisotopic (exact) mass is 516 g/mol. The minimum Gasteiger partial charge on any atom is -0.497 e. The van der Waals surface area contributed by atoms with Gasteiger partial charge in [-0.15, -0.1) is 0 Å². The number of hydrogen-bond acceptors (Lipinski definition) is 4. The summed E-state index contributed by atoms with van der Waals surface area (Å²) in [6, 6.07) is 23.9. The van der Waals surface area contributed by atoms with Crippen LogP contribution in [0.1, 0.15) is 24.2 Å². The third kappa shape index (κ3) is 6.57. The van der Waals surface area contributed by atoms with E-state index in [1.807, 2.05) is 79.2 Å². The van der Waals surface area contributed by atoms with Crippen LogP contribution in [-0.2, 0) is 4.79 Å². The molecule has 8 heteroatoms. The molecule has 2 amide bonds. The van der Waals surface area contributed by atoms with Crippen LogP contribution in [0.15, 0.2) is 85.1 Å². The van der Waals surface area contributed by atoms with Crippen molar-refractivity contribution in [2.45, 2.75) is 13.8 Å². The number of halogens is 1. The first-order valence-electron chi connectivity index (χ1n) is 12.0. The Bertz CT molecular complexity index is 1350. The molecule has 0 fully saturated rings. The van der Waals surface area contributed by atoms with Crippen molar-refractivity contribution in [2.75, 3.05) is 25.5 Å². The molecule has 0 aliphatic heterocycles. The summed E-state index contributed by atoms with van der Waals surface area (Å²) in [6.07, 6.45) is 1.87. The first kappa shape index (κ1) is 26.0. The highest BCUT2D eigenvalue weighted by Gasteiger charge is 2.22. The van der Waals surface area contributed by atoms with Gasteiger partial charge in [0.1, 0.15) is 12.3 Å². The van der Waals surface area contributed by atoms with Crippen LogP contribution in [-0.4, -0.2) is 46.5 Å². The molecular formula is C29H29ClN4O3. The van der Waals surface area contributed by atoms with Gasteiger partial charge in [-0.1, -0.05) is 43.6 Å². The van der Waals surface area contributed by atoms with Gasteiger partial charge in [0.2, 0.25) is 11.9 Å². The van der Waals surface area contributed by atoms with Crippen molar-refractivity contribution in [3.05, 3.63) is 95.6 Å². The van der Waals surface area contributed by atoms with Crippen LogP contribution in [0.2, 0.25) is 5.02 Å². The van der Waals surface area contributed by atoms with Gasteiger partial charge in [-0.3, -0.25) is 19.5 Å². The van der Waals surface area contributed by atoms with Gasteiger partial charge in [0.25, 0.3) is 5.91 Å². The molecule has 0 aliphatic carbocycles. The summed E-state index contributed by atoms with van der Waals surface area (Å²) >= 11 is 5.98. The van der Waals surface area contributed by atoms with Crippen molar-refractivity contribution in [2.24, 2.45) is 5.92 Å². The molecule has 1 N–H and O–H groups in total. The molecule has 0 bridgehead atoms. The standard InChI is InChI=1S/C29H29ClN4O3/c1-20(2)17-33(28(36)22-9-13-23(30)14-10-22)19-27(35)32-29-31-26(21-11-15-25(37-3)16-12-21)18-34(29)24-7-5-4-6-8-24/h4-16,18,20H,17,19H2,1-3H3,(H,31,32,35). The van der Waals surface area contributed by atoms with E-state index < -0.39 is 0 Å². The summed E-state index contributed by atoms with van der Waals surface area (Å²) in [4.78, 5) is 32.6. The summed E-state index contributed by atoms with van der Waals surface area (Å²) in [6.45, 7) is 4.32. The maximum atomic E-state index is 13.2. The quantitative estimate of drug-likeness (QED) is 0.299. The number of imidazole rings is 1. The van der Waals surface area contributed by atoms with Crippen LogP contribution >= 0.6 is 11.6 Å². The van der Waals surface area contributed by atoms with Crippen molar-refractivity contribution in [3.63, 3.8) is 0 Å². The van der Waals surface area contributed by atoms with Crippen molar-refractivity contribution in [3.8, 4) is 22.7 Å². The number of amides is 2. The second-order valence-corrected chi connectivity index (χ2v) is 9.45. The fourth-order valence-corrected chi connectivity index (χ4v) is 4.05. The lowest BCUT2D eigenvalue weighted by atomic mass is 10.1. The predicted octanol–water partition coefficient (Wildman–Crippen LogP) is 5.94. The minimum absolute atomic E-state index is 0.112. The average Bonchev–Trinajstić information content (AvgIpc) is 3.32. The Morgan fingerprint density at radius 3 is 2.30 bits per heavy atom. The summed E-state index contributed by atoms with van der Waals surface area (Å²) < 4.78 is 7.08. The highest BCUT2D eigenvalue weighted by molar-refractivity contribution is 6.30. The van der Waals surface area contributed by atoms with Gasteiger partial charge in [-0.25, -0.2) is 4.98 Å². The van der Waals surface area contributed by atoms with E-state index in [1.165, 1.54) is 0 Å². The van der Waals surface area contributed by atoms with Crippen molar-refractivity contribution in [1.29, 1.82) is 0 Å². The molecule has 4 rings (SSSR count). The Kier molecular flexibility index (Phi) is 8.25. The molecule has 190 valence electrons. The van der Waals surface area contributed by atoms with Crippen LogP contribution in [0.3, 0.4) is 0 Å². The van der Waals surface area contributed by atoms with Gasteiger partial charge in [0.15, 0.2) is 0 Å². The number of carbonyl (C=O) groups excluding carboxylic acids is 2. The molecule has 4 aromatic rings. The van der Waals surface area contributed by atoms with E-state index in [0.29, 0.717) is 28.8 Å². The lowest BCUT2D eigenvalue weighted by Gasteiger charge is -2.24. The highest BCUT2D eigenvalue weighted by atomic mass is 35.5. The lowest BCUT2D eigenvalue weighted by molar-refractivity contribution is -0.117. The second-order valence-electron chi connectivity index (χ2n) is 9.02. The number of para-hydroxylation sites is 1. The predicted molar refractivity (Wildman–Crippen MR) is 146 cm³/mol. The van der Waals surface area contributed by atoms with Crippen LogP contribution < -0.4 is 10.1 Å². The first-order valence-corrected chi connectivity index (χ1v) is 12.4. The molecule has 0 atom stereocenters. The molecule has 0 spiro atoms. The van der Waals surface area contributed by atoms with E-state index in [1.54, 1.807) is 36.3 Å². The summed E-state index contributed by atoms with van der Waals surface area (Å²) in [7, 11) is 1.62. The number of aromatic nitrogens is 2. The van der Waals surface area contributed by atoms with Crippen molar-refractivity contribution < 1.29 is 14.3 Å². The van der Waals surface area contributed by atoms with Crippen LogP contribution in [0.25, 0.3) is 16.9 Å². The summed E-state index contributed by atoms with van der Waals surface area (Å²) in [5.41, 5.74) is 2.90. The Hall–Kier alpha value is -4.10. The number of methoxy groups -OCH3 is 1. The Balaban J connectivity index is 1.60. The smallest absolute Gasteiger partial charge is 0.254 e. The van der Waals surface area contributed by atoms with Gasteiger partial charge < -0.3 is 9.64 Å². The Labute approximate surface area is 221 Å². The zero-order valence-corrected chi connectivity index (χ0v) is 21.8. The van der Waals surface area contributed by atoms with E-state index in [-0.39, 0.29) is 24.3 Å². The minimum atomic E-state index is -0.341. The highest BCUT2D eigenvalue weighted by Crippen LogP contribution is 2.26. The van der Waals surface area contributed by atoms with E-state index in [0.717, 1.165) is 17.0 Å². The molecule has 37 heavy (non-hydrogen) atoms. The molecule has 1 heterocycles. The topological polar surface area (TPSA) is 76.5 Å². The van der Waals surface area contributed by atoms with Gasteiger partial charge in [-0.2, -0.15) is 0 Å². The number of anilines is 1. The van der Waals surface area contributed by atoms with Crippen LogP contribution in [0.4, 0.5) is 5.95 Å². The van der Waals surface area contributed by atoms with Crippen molar-refractivity contribution in [1.82, 2.24) is 14.5 Å². The zero-order valence-electron chi connectivity index (χ0n) is 21.0. The Morgan fingerprint density at radius 2 is 1.68 bits per heavy atom. The normalized spacial score (nSPS) is 10.8. The fraction of sp³-hybridized carbons (Fsp3) is 0.207. The van der Waals surface area contributed by atoms with Gasteiger partial charge >= 0.3 is 0 Å². The summed E-state index contributed by atoms with van der Waals surface area (Å²) in [5.74, 6) is 0.718. The van der Waals surface area contributed by atoms with Crippen molar-refractivity contribution >= 4 is 29.4 Å². The molecule has 1 aromatic heterocycles. The third-order valence-electron chi connectivity index (χ3n) is 5.68. The van der Waals surface area contributed by atoms with Gasteiger partial charge in [-0.05, 0) is 66.6 Å². The molecule has 7 nitrogen and oxygen atoms in total. The molecule has 0 saturated carbocycles. The van der Waals surface area contributed by atoms with E-state index in [9.17, 15) is 9.59 Å². The first-order chi connectivity index (χ1) is 17.8. The lowest BCUT2D eigenvalue weighted by Crippen LogP contribution is -2.40. The fourth-order valence-electron chi connectivity index (χ4n) is 3.93. The molecule has 3 aromatic carbocycles. The molecule has 0 radical (unpaired) electrons. The summed E-state index contributed by atoms with van der Waals surface area (Å²) in [5, 5.41) is 3.46. The molecule has 0 aliphatic rings. The molecular weight excluding hydrogens is 488 g/mol. The number of ether oxygens (including phenoxy) is 1. The average molecular weight is 517 g/mol. The van der Waals surface area contributed by atoms with Gasteiger partial charge in [0, 0.05) is 34.6 Å². The third-order valence-corrected chi connectivity index (χ3v) is 5.93. The largest absolute Gasteiger partial charge is 0.497 e. The number of nitrogens with one attached hydrogen (secondary N) is 1. The van der Waals surface area contributed by atoms with E-state index >= 15 is 0 Å².